The summed E-state index contributed by atoms with van der Waals surface area (Å²) in [5, 5.41) is 18.6. The van der Waals surface area contributed by atoms with Crippen molar-refractivity contribution in [3.63, 3.8) is 0 Å². The molecule has 0 bridgehead atoms. The van der Waals surface area contributed by atoms with Gasteiger partial charge in [0.15, 0.2) is 0 Å². The Morgan fingerprint density at radius 2 is 1.52 bits per heavy atom. The zero-order chi connectivity index (χ0) is 14.4. The number of carboxylic acid groups (broad SMARTS) is 1. The molecule has 0 aromatic heterocycles. The van der Waals surface area contributed by atoms with Crippen molar-refractivity contribution in [3.05, 3.63) is 71.8 Å². The monoisotopic (exact) mass is 289 g/mol. The number of hydrogen-bond acceptors (Lipinski definition) is 2. The fourth-order valence-corrected chi connectivity index (χ4v) is 2.37. The van der Waals surface area contributed by atoms with Gasteiger partial charge in [-0.2, -0.15) is 5.26 Å². The Morgan fingerprint density at radius 1 is 1.05 bits per heavy atom. The summed E-state index contributed by atoms with van der Waals surface area (Å²) in [7, 11) is 0. The molecule has 2 atom stereocenters. The molecule has 0 fully saturated rings. The van der Waals surface area contributed by atoms with Gasteiger partial charge >= 0.3 is 35.5 Å². The molecular formula is C17H16NNaO2. The molecule has 0 amide bonds. The predicted octanol–water partition coefficient (Wildman–Crippen LogP) is 0.669. The van der Waals surface area contributed by atoms with Gasteiger partial charge in [0.1, 0.15) is 0 Å². The third-order valence-corrected chi connectivity index (χ3v) is 3.32. The standard InChI is InChI=1S/C17H15NO2.Na.H/c18-12-16(14-9-5-2-6-10-14)15(11-17(19)20)13-7-3-1-4-8-13;;/h1-10,15-16H,11H2,(H,19,20);;/q;+1;-1. The first-order valence-electron chi connectivity index (χ1n) is 6.43. The number of rotatable bonds is 5. The van der Waals surface area contributed by atoms with Crippen molar-refractivity contribution in [2.75, 3.05) is 0 Å². The number of carbonyl (C=O) groups is 1. The number of hydrogen-bond donors (Lipinski definition) is 1. The van der Waals surface area contributed by atoms with Crippen LogP contribution in [0.25, 0.3) is 0 Å². The number of nitriles is 1. The Morgan fingerprint density at radius 3 is 1.95 bits per heavy atom. The van der Waals surface area contributed by atoms with E-state index in [9.17, 15) is 10.1 Å². The summed E-state index contributed by atoms with van der Waals surface area (Å²) in [6.45, 7) is 0. The zero-order valence-corrected chi connectivity index (χ0v) is 13.9. The molecule has 2 rings (SSSR count). The van der Waals surface area contributed by atoms with Crippen molar-refractivity contribution in [2.24, 2.45) is 0 Å². The fourth-order valence-electron chi connectivity index (χ4n) is 2.37. The molecule has 0 saturated heterocycles. The van der Waals surface area contributed by atoms with Gasteiger partial charge in [0.2, 0.25) is 0 Å². The van der Waals surface area contributed by atoms with Gasteiger partial charge in [-0.3, -0.25) is 4.79 Å². The summed E-state index contributed by atoms with van der Waals surface area (Å²) in [5.74, 6) is -1.70. The molecular weight excluding hydrogens is 273 g/mol. The van der Waals surface area contributed by atoms with E-state index in [0.29, 0.717) is 0 Å². The molecule has 0 aliphatic heterocycles. The van der Waals surface area contributed by atoms with Crippen LogP contribution in [0.1, 0.15) is 30.8 Å². The second-order valence-electron chi connectivity index (χ2n) is 4.63. The number of aliphatic carboxylic acids is 1. The SMILES string of the molecule is N#CC(c1ccccc1)C(CC(=O)O)c1ccccc1.[H-].[Na+]. The molecule has 0 aliphatic rings. The van der Waals surface area contributed by atoms with Crippen molar-refractivity contribution < 1.29 is 40.9 Å². The Labute approximate surface area is 148 Å². The normalized spacial score (nSPS) is 12.5. The van der Waals surface area contributed by atoms with E-state index in [4.69, 9.17) is 5.11 Å². The van der Waals surface area contributed by atoms with Crippen LogP contribution < -0.4 is 29.6 Å². The maximum atomic E-state index is 11.1. The zero-order valence-electron chi connectivity index (χ0n) is 12.9. The van der Waals surface area contributed by atoms with E-state index in [-0.39, 0.29) is 43.3 Å². The Kier molecular flexibility index (Phi) is 7.18. The molecule has 2 unspecified atom stereocenters. The smallest absolute Gasteiger partial charge is 1.00 e. The first-order chi connectivity index (χ1) is 9.72. The minimum Gasteiger partial charge on any atom is -1.00 e. The van der Waals surface area contributed by atoms with Crippen LogP contribution in [0.2, 0.25) is 0 Å². The van der Waals surface area contributed by atoms with Crippen molar-refractivity contribution in [1.29, 1.82) is 5.26 Å². The quantitative estimate of drug-likeness (QED) is 0.823. The topological polar surface area (TPSA) is 61.1 Å². The predicted molar refractivity (Wildman–Crippen MR) is 77.3 cm³/mol. The van der Waals surface area contributed by atoms with Gasteiger partial charge < -0.3 is 6.53 Å². The van der Waals surface area contributed by atoms with Gasteiger partial charge in [-0.15, -0.1) is 0 Å². The van der Waals surface area contributed by atoms with Gasteiger partial charge in [0.05, 0.1) is 18.4 Å². The summed E-state index contributed by atoms with van der Waals surface area (Å²) in [6.07, 6.45) is -0.0584. The van der Waals surface area contributed by atoms with Crippen molar-refractivity contribution in [3.8, 4) is 6.07 Å². The van der Waals surface area contributed by atoms with Crippen LogP contribution in [0.3, 0.4) is 0 Å². The van der Waals surface area contributed by atoms with Gasteiger partial charge in [-0.25, -0.2) is 0 Å². The minimum atomic E-state index is -0.893. The van der Waals surface area contributed by atoms with E-state index >= 15 is 0 Å². The average molecular weight is 289 g/mol. The van der Waals surface area contributed by atoms with E-state index in [2.05, 4.69) is 6.07 Å². The summed E-state index contributed by atoms with van der Waals surface area (Å²) in [5.41, 5.74) is 1.73. The van der Waals surface area contributed by atoms with Gasteiger partial charge in [-0.05, 0) is 11.1 Å². The molecule has 3 nitrogen and oxygen atoms in total. The first kappa shape index (κ1) is 17.5. The van der Waals surface area contributed by atoms with E-state index in [1.807, 2.05) is 60.7 Å². The number of nitrogens with zero attached hydrogens (tertiary/aromatic N) is 1. The minimum absolute atomic E-state index is 0. The van der Waals surface area contributed by atoms with E-state index in [0.717, 1.165) is 11.1 Å². The van der Waals surface area contributed by atoms with Crippen LogP contribution in [-0.4, -0.2) is 11.1 Å². The van der Waals surface area contributed by atoms with Crippen molar-refractivity contribution in [1.82, 2.24) is 0 Å². The second kappa shape index (κ2) is 8.63. The van der Waals surface area contributed by atoms with Crippen molar-refractivity contribution in [2.45, 2.75) is 18.3 Å². The van der Waals surface area contributed by atoms with Crippen LogP contribution in [0.4, 0.5) is 0 Å². The van der Waals surface area contributed by atoms with Crippen LogP contribution in [0, 0.1) is 11.3 Å². The summed E-state index contributed by atoms with van der Waals surface area (Å²) in [6, 6.07) is 21.0. The van der Waals surface area contributed by atoms with Crippen LogP contribution in [-0.2, 0) is 4.79 Å². The molecule has 21 heavy (non-hydrogen) atoms. The summed E-state index contributed by atoms with van der Waals surface area (Å²) >= 11 is 0. The molecule has 2 aromatic carbocycles. The van der Waals surface area contributed by atoms with Gasteiger partial charge in [0.25, 0.3) is 0 Å². The van der Waals surface area contributed by atoms with Gasteiger partial charge in [-0.1, -0.05) is 60.7 Å². The molecule has 0 spiro atoms. The molecule has 4 heteroatoms. The second-order valence-corrected chi connectivity index (χ2v) is 4.63. The maximum Gasteiger partial charge on any atom is 1.00 e. The summed E-state index contributed by atoms with van der Waals surface area (Å²) < 4.78 is 0. The third-order valence-electron chi connectivity index (χ3n) is 3.32. The molecule has 0 aliphatic carbocycles. The summed E-state index contributed by atoms with van der Waals surface area (Å²) in [4.78, 5) is 11.1. The number of benzene rings is 2. The third kappa shape index (κ3) is 4.71. The molecule has 2 aromatic rings. The van der Waals surface area contributed by atoms with E-state index in [1.165, 1.54) is 0 Å². The van der Waals surface area contributed by atoms with Crippen LogP contribution in [0.15, 0.2) is 60.7 Å². The van der Waals surface area contributed by atoms with Crippen LogP contribution >= 0.6 is 0 Å². The largest absolute Gasteiger partial charge is 1.00 e. The van der Waals surface area contributed by atoms with Gasteiger partial charge in [0, 0.05) is 5.92 Å². The molecule has 1 N–H and O–H groups in total. The average Bonchev–Trinajstić information content (AvgIpc) is 2.49. The van der Waals surface area contributed by atoms with E-state index < -0.39 is 11.9 Å². The number of carboxylic acids is 1. The maximum absolute atomic E-state index is 11.1. The molecule has 102 valence electrons. The Balaban J connectivity index is 0.00000220. The molecule has 0 radical (unpaired) electrons. The van der Waals surface area contributed by atoms with Crippen LogP contribution in [0.5, 0.6) is 0 Å². The Bertz CT molecular complexity index is 614. The molecule has 0 heterocycles. The first-order valence-corrected chi connectivity index (χ1v) is 6.43. The van der Waals surface area contributed by atoms with E-state index in [1.54, 1.807) is 0 Å². The van der Waals surface area contributed by atoms with Crippen molar-refractivity contribution >= 4 is 5.97 Å². The fraction of sp³-hybridized carbons (Fsp3) is 0.176. The Hall–Kier alpha value is -1.60. The molecule has 0 saturated carbocycles.